The lowest BCUT2D eigenvalue weighted by atomic mass is 10.2. The van der Waals surface area contributed by atoms with Crippen molar-refractivity contribution in [3.63, 3.8) is 0 Å². The molecule has 0 unspecified atom stereocenters. The molecular weight excluding hydrogens is 220 g/mol. The van der Waals surface area contributed by atoms with Crippen LogP contribution in [0, 0.1) is 5.92 Å². The number of nitrogens with two attached hydrogens (primary N) is 1. The quantitative estimate of drug-likeness (QED) is 0.720. The van der Waals surface area contributed by atoms with Crippen LogP contribution in [0.3, 0.4) is 0 Å². The van der Waals surface area contributed by atoms with Crippen molar-refractivity contribution in [1.29, 1.82) is 0 Å². The monoisotopic (exact) mass is 238 g/mol. The van der Waals surface area contributed by atoms with E-state index in [1.54, 1.807) is 12.1 Å². The van der Waals surface area contributed by atoms with Gasteiger partial charge in [0.1, 0.15) is 5.76 Å². The predicted molar refractivity (Wildman–Crippen MR) is 63.4 cm³/mol. The second-order valence-corrected chi connectivity index (χ2v) is 4.45. The van der Waals surface area contributed by atoms with Gasteiger partial charge in [0.15, 0.2) is 12.0 Å². The van der Waals surface area contributed by atoms with Crippen molar-refractivity contribution >= 4 is 12.2 Å². The van der Waals surface area contributed by atoms with Crippen molar-refractivity contribution in [2.24, 2.45) is 11.7 Å². The average molecular weight is 238 g/mol. The van der Waals surface area contributed by atoms with E-state index in [0.717, 1.165) is 6.54 Å². The minimum atomic E-state index is -0.368. The Bertz CT molecular complexity index is 385. The maximum Gasteiger partial charge on any atom is 0.231 e. The van der Waals surface area contributed by atoms with E-state index in [1.807, 2.05) is 4.90 Å². The highest BCUT2D eigenvalue weighted by Crippen LogP contribution is 2.10. The Morgan fingerprint density at radius 1 is 1.53 bits per heavy atom. The number of hydrogen-bond donors (Lipinski definition) is 1. The SMILES string of the molecule is CC(C)CN(CC(N)=O)Cc1ccc(C=O)o1. The van der Waals surface area contributed by atoms with E-state index in [2.05, 4.69) is 13.8 Å². The summed E-state index contributed by atoms with van der Waals surface area (Å²) in [5.41, 5.74) is 5.19. The molecule has 1 aromatic heterocycles. The maximum absolute atomic E-state index is 10.9. The van der Waals surface area contributed by atoms with Crippen molar-refractivity contribution in [1.82, 2.24) is 4.90 Å². The van der Waals surface area contributed by atoms with Crippen molar-refractivity contribution in [2.75, 3.05) is 13.1 Å². The Hall–Kier alpha value is -1.62. The first kappa shape index (κ1) is 13.4. The molecule has 5 nitrogen and oxygen atoms in total. The molecule has 5 heteroatoms. The summed E-state index contributed by atoms with van der Waals surface area (Å²) < 4.78 is 5.26. The molecule has 0 aliphatic heterocycles. The molecule has 0 radical (unpaired) electrons. The fourth-order valence-electron chi connectivity index (χ4n) is 1.68. The van der Waals surface area contributed by atoms with Crippen LogP contribution < -0.4 is 5.73 Å². The van der Waals surface area contributed by atoms with Crippen LogP contribution >= 0.6 is 0 Å². The third kappa shape index (κ3) is 4.82. The van der Waals surface area contributed by atoms with E-state index in [-0.39, 0.29) is 12.5 Å². The Balaban J connectivity index is 2.63. The molecule has 0 bridgehead atoms. The highest BCUT2D eigenvalue weighted by molar-refractivity contribution is 5.75. The summed E-state index contributed by atoms with van der Waals surface area (Å²) in [4.78, 5) is 23.3. The molecule has 1 rings (SSSR count). The van der Waals surface area contributed by atoms with Crippen molar-refractivity contribution < 1.29 is 14.0 Å². The van der Waals surface area contributed by atoms with Crippen LogP contribution in [-0.2, 0) is 11.3 Å². The van der Waals surface area contributed by atoms with E-state index >= 15 is 0 Å². The summed E-state index contributed by atoms with van der Waals surface area (Å²) in [7, 11) is 0. The smallest absolute Gasteiger partial charge is 0.231 e. The first-order chi connectivity index (χ1) is 8.01. The molecule has 17 heavy (non-hydrogen) atoms. The van der Waals surface area contributed by atoms with Gasteiger partial charge in [-0.3, -0.25) is 14.5 Å². The van der Waals surface area contributed by atoms with Gasteiger partial charge in [-0.05, 0) is 18.1 Å². The predicted octanol–water partition coefficient (Wildman–Crippen LogP) is 1.04. The lowest BCUT2D eigenvalue weighted by molar-refractivity contribution is -0.119. The number of carbonyl (C=O) groups is 2. The first-order valence-electron chi connectivity index (χ1n) is 5.55. The molecule has 0 fully saturated rings. The molecule has 0 saturated heterocycles. The number of rotatable bonds is 7. The Morgan fingerprint density at radius 2 is 2.24 bits per heavy atom. The fraction of sp³-hybridized carbons (Fsp3) is 0.500. The lowest BCUT2D eigenvalue weighted by Crippen LogP contribution is -2.35. The van der Waals surface area contributed by atoms with Crippen molar-refractivity contribution in [2.45, 2.75) is 20.4 Å². The molecule has 0 aliphatic rings. The average Bonchev–Trinajstić information content (AvgIpc) is 2.63. The zero-order valence-corrected chi connectivity index (χ0v) is 10.2. The van der Waals surface area contributed by atoms with E-state index in [4.69, 9.17) is 10.2 Å². The van der Waals surface area contributed by atoms with Gasteiger partial charge in [-0.15, -0.1) is 0 Å². The third-order valence-corrected chi connectivity index (χ3v) is 2.18. The summed E-state index contributed by atoms with van der Waals surface area (Å²) >= 11 is 0. The number of nitrogens with zero attached hydrogens (tertiary/aromatic N) is 1. The molecule has 0 aromatic carbocycles. The number of amides is 1. The summed E-state index contributed by atoms with van der Waals surface area (Å²) in [5.74, 6) is 1.01. The Labute approximate surface area is 101 Å². The number of furan rings is 1. The number of aldehydes is 1. The Morgan fingerprint density at radius 3 is 2.71 bits per heavy atom. The van der Waals surface area contributed by atoms with Gasteiger partial charge in [0.2, 0.25) is 5.91 Å². The molecule has 2 N–H and O–H groups in total. The van der Waals surface area contributed by atoms with Gasteiger partial charge < -0.3 is 10.2 Å². The molecule has 0 atom stereocenters. The summed E-state index contributed by atoms with van der Waals surface area (Å²) in [6.45, 7) is 5.55. The normalized spacial score (nSPS) is 11.1. The van der Waals surface area contributed by atoms with E-state index in [0.29, 0.717) is 30.3 Å². The highest BCUT2D eigenvalue weighted by atomic mass is 16.3. The van der Waals surface area contributed by atoms with Crippen LogP contribution in [-0.4, -0.2) is 30.2 Å². The van der Waals surface area contributed by atoms with Crippen LogP contribution in [0.25, 0.3) is 0 Å². The van der Waals surface area contributed by atoms with Gasteiger partial charge in [0, 0.05) is 6.54 Å². The molecule has 1 heterocycles. The molecular formula is C12H18N2O3. The van der Waals surface area contributed by atoms with Gasteiger partial charge in [0.05, 0.1) is 13.1 Å². The zero-order chi connectivity index (χ0) is 12.8. The minimum absolute atomic E-state index is 0.190. The lowest BCUT2D eigenvalue weighted by Gasteiger charge is -2.21. The molecule has 1 aromatic rings. The second kappa shape index (κ2) is 6.20. The van der Waals surface area contributed by atoms with Gasteiger partial charge in [-0.1, -0.05) is 13.8 Å². The minimum Gasteiger partial charge on any atom is -0.457 e. The standard InChI is InChI=1S/C12H18N2O3/c1-9(2)5-14(7-12(13)16)6-10-3-4-11(8-15)17-10/h3-4,8-9H,5-7H2,1-2H3,(H2,13,16). The van der Waals surface area contributed by atoms with Gasteiger partial charge in [0.25, 0.3) is 0 Å². The maximum atomic E-state index is 10.9. The first-order valence-corrected chi connectivity index (χ1v) is 5.55. The molecule has 1 amide bonds. The fourth-order valence-corrected chi connectivity index (χ4v) is 1.68. The summed E-state index contributed by atoms with van der Waals surface area (Å²) in [5, 5.41) is 0. The van der Waals surface area contributed by atoms with Crippen LogP contribution in [0.5, 0.6) is 0 Å². The van der Waals surface area contributed by atoms with Crippen LogP contribution in [0.4, 0.5) is 0 Å². The highest BCUT2D eigenvalue weighted by Gasteiger charge is 2.13. The Kier molecular flexibility index (Phi) is 4.90. The van der Waals surface area contributed by atoms with E-state index in [1.165, 1.54) is 0 Å². The van der Waals surface area contributed by atoms with E-state index < -0.39 is 0 Å². The molecule has 0 aliphatic carbocycles. The van der Waals surface area contributed by atoms with Gasteiger partial charge in [-0.2, -0.15) is 0 Å². The summed E-state index contributed by atoms with van der Waals surface area (Å²) in [6.07, 6.45) is 0.657. The molecule has 0 spiro atoms. The van der Waals surface area contributed by atoms with Crippen LogP contribution in [0.1, 0.15) is 30.2 Å². The van der Waals surface area contributed by atoms with E-state index in [9.17, 15) is 9.59 Å². The number of carbonyl (C=O) groups excluding carboxylic acids is 2. The van der Waals surface area contributed by atoms with Crippen molar-refractivity contribution in [3.8, 4) is 0 Å². The number of primary amides is 1. The number of hydrogen-bond acceptors (Lipinski definition) is 4. The largest absolute Gasteiger partial charge is 0.457 e. The molecule has 94 valence electrons. The summed E-state index contributed by atoms with van der Waals surface area (Å²) in [6, 6.07) is 3.35. The van der Waals surface area contributed by atoms with Gasteiger partial charge in [-0.25, -0.2) is 0 Å². The van der Waals surface area contributed by atoms with Crippen molar-refractivity contribution in [3.05, 3.63) is 23.7 Å². The van der Waals surface area contributed by atoms with Gasteiger partial charge >= 0.3 is 0 Å². The van der Waals surface area contributed by atoms with Crippen LogP contribution in [0.2, 0.25) is 0 Å². The topological polar surface area (TPSA) is 76.5 Å². The molecule has 0 saturated carbocycles. The zero-order valence-electron chi connectivity index (χ0n) is 10.2. The third-order valence-electron chi connectivity index (χ3n) is 2.18. The van der Waals surface area contributed by atoms with Crippen LogP contribution in [0.15, 0.2) is 16.5 Å². The second-order valence-electron chi connectivity index (χ2n) is 4.45.